The molecule has 3 aromatic rings. The van der Waals surface area contributed by atoms with Crippen LogP contribution in [-0.2, 0) is 16.1 Å². The van der Waals surface area contributed by atoms with Gasteiger partial charge in [0.2, 0.25) is 6.10 Å². The summed E-state index contributed by atoms with van der Waals surface area (Å²) in [6.07, 6.45) is -1.05. The molecule has 0 aliphatic carbocycles. The maximum Gasteiger partial charge on any atom is 0.349 e. The molecule has 144 valence electrons. The summed E-state index contributed by atoms with van der Waals surface area (Å²) in [5.74, 6) is -0.246. The van der Waals surface area contributed by atoms with Gasteiger partial charge in [0.1, 0.15) is 10.6 Å². The Morgan fingerprint density at radius 1 is 1.04 bits per heavy atom. The van der Waals surface area contributed by atoms with Crippen LogP contribution in [0.15, 0.2) is 66.0 Å². The highest BCUT2D eigenvalue weighted by molar-refractivity contribution is 7.11. The fourth-order valence-electron chi connectivity index (χ4n) is 2.60. The number of methoxy groups -OCH3 is 1. The molecular weight excluding hydrogens is 374 g/mol. The topological polar surface area (TPSA) is 64.6 Å². The zero-order valence-corrected chi connectivity index (χ0v) is 16.5. The minimum Gasteiger partial charge on any atom is -0.497 e. The Hall–Kier alpha value is -3.12. The van der Waals surface area contributed by atoms with Crippen molar-refractivity contribution in [3.8, 4) is 5.75 Å². The maximum absolute atomic E-state index is 12.8. The second kappa shape index (κ2) is 9.19. The lowest BCUT2D eigenvalue weighted by atomic mass is 10.1. The largest absolute Gasteiger partial charge is 0.497 e. The second-order valence-corrected chi connectivity index (χ2v) is 7.19. The number of ether oxygens (including phenoxy) is 2. The van der Waals surface area contributed by atoms with Crippen molar-refractivity contribution in [2.24, 2.45) is 0 Å². The van der Waals surface area contributed by atoms with Crippen molar-refractivity contribution in [3.05, 3.63) is 87.6 Å². The maximum atomic E-state index is 12.8. The van der Waals surface area contributed by atoms with Crippen LogP contribution in [0.25, 0.3) is 0 Å². The molecule has 0 radical (unpaired) electrons. The van der Waals surface area contributed by atoms with Gasteiger partial charge in [-0.15, -0.1) is 11.3 Å². The van der Waals surface area contributed by atoms with Gasteiger partial charge in [0.05, 0.1) is 7.11 Å². The number of thiophene rings is 1. The van der Waals surface area contributed by atoms with E-state index in [9.17, 15) is 9.59 Å². The monoisotopic (exact) mass is 395 g/mol. The zero-order valence-electron chi connectivity index (χ0n) is 15.7. The highest BCUT2D eigenvalue weighted by atomic mass is 32.1. The van der Waals surface area contributed by atoms with Crippen molar-refractivity contribution < 1.29 is 19.1 Å². The van der Waals surface area contributed by atoms with E-state index in [1.54, 1.807) is 48.9 Å². The van der Waals surface area contributed by atoms with Gasteiger partial charge in [0.25, 0.3) is 5.91 Å². The first-order valence-corrected chi connectivity index (χ1v) is 9.66. The Morgan fingerprint density at radius 2 is 1.75 bits per heavy atom. The van der Waals surface area contributed by atoms with Gasteiger partial charge >= 0.3 is 5.97 Å². The molecule has 0 bridgehead atoms. The fourth-order valence-corrected chi connectivity index (χ4v) is 3.20. The van der Waals surface area contributed by atoms with Crippen LogP contribution in [0.5, 0.6) is 5.75 Å². The third kappa shape index (κ3) is 4.98. The second-order valence-electron chi connectivity index (χ2n) is 6.24. The number of hydrogen-bond acceptors (Lipinski definition) is 5. The molecule has 1 heterocycles. The Bertz CT molecular complexity index is 918. The molecule has 2 aromatic carbocycles. The zero-order chi connectivity index (χ0) is 19.9. The van der Waals surface area contributed by atoms with Gasteiger partial charge in [-0.3, -0.25) is 4.79 Å². The van der Waals surface area contributed by atoms with Crippen LogP contribution in [-0.4, -0.2) is 19.0 Å². The van der Waals surface area contributed by atoms with Gasteiger partial charge in [-0.25, -0.2) is 4.79 Å². The van der Waals surface area contributed by atoms with E-state index in [0.29, 0.717) is 22.7 Å². The van der Waals surface area contributed by atoms with Crippen molar-refractivity contribution in [2.75, 3.05) is 7.11 Å². The smallest absolute Gasteiger partial charge is 0.349 e. The van der Waals surface area contributed by atoms with Crippen molar-refractivity contribution in [3.63, 3.8) is 0 Å². The summed E-state index contributed by atoms with van der Waals surface area (Å²) < 4.78 is 10.7. The normalized spacial score (nSPS) is 11.5. The first-order chi connectivity index (χ1) is 13.6. The third-order valence-corrected chi connectivity index (χ3v) is 5.04. The number of aryl methyl sites for hydroxylation is 1. The Labute approximate surface area is 167 Å². The summed E-state index contributed by atoms with van der Waals surface area (Å²) >= 11 is 1.27. The van der Waals surface area contributed by atoms with Gasteiger partial charge in [0.15, 0.2) is 0 Å². The molecule has 1 atom stereocenters. The Kier molecular flexibility index (Phi) is 6.45. The molecule has 28 heavy (non-hydrogen) atoms. The number of carbonyl (C=O) groups excluding carboxylic acids is 2. The molecule has 3 rings (SSSR count). The molecule has 0 saturated heterocycles. The van der Waals surface area contributed by atoms with E-state index in [0.717, 1.165) is 11.1 Å². The number of carbonyl (C=O) groups is 2. The first-order valence-electron chi connectivity index (χ1n) is 8.78. The summed E-state index contributed by atoms with van der Waals surface area (Å²) in [7, 11) is 1.57. The third-order valence-electron chi connectivity index (χ3n) is 4.19. The van der Waals surface area contributed by atoms with Gasteiger partial charge in [-0.2, -0.15) is 0 Å². The number of benzene rings is 2. The summed E-state index contributed by atoms with van der Waals surface area (Å²) in [5.41, 5.74) is 2.69. The molecule has 0 saturated carbocycles. The minimum absolute atomic E-state index is 0.350. The van der Waals surface area contributed by atoms with Crippen molar-refractivity contribution in [1.82, 2.24) is 5.32 Å². The number of amides is 1. The standard InChI is InChI=1S/C22H21NO4S/c1-15-5-7-16(8-6-15)14-23-21(24)20(17-9-11-18(26-2)12-10-17)27-22(25)19-4-3-13-28-19/h3-13,20H,14H2,1-2H3,(H,23,24). The quantitative estimate of drug-likeness (QED) is 0.607. The highest BCUT2D eigenvalue weighted by Gasteiger charge is 2.26. The van der Waals surface area contributed by atoms with Crippen molar-refractivity contribution >= 4 is 23.2 Å². The number of rotatable bonds is 7. The van der Waals surface area contributed by atoms with Crippen LogP contribution in [0.4, 0.5) is 0 Å². The lowest BCUT2D eigenvalue weighted by Crippen LogP contribution is -2.31. The molecule has 1 amide bonds. The van der Waals surface area contributed by atoms with Gasteiger partial charge < -0.3 is 14.8 Å². The van der Waals surface area contributed by atoms with E-state index in [4.69, 9.17) is 9.47 Å². The van der Waals surface area contributed by atoms with Crippen LogP contribution < -0.4 is 10.1 Å². The Balaban J connectivity index is 1.76. The first kappa shape index (κ1) is 19.6. The molecule has 6 heteroatoms. The van der Waals surface area contributed by atoms with Gasteiger partial charge in [-0.1, -0.05) is 48.0 Å². The minimum atomic E-state index is -1.05. The fraction of sp³-hybridized carbons (Fsp3) is 0.182. The van der Waals surface area contributed by atoms with E-state index < -0.39 is 12.1 Å². The van der Waals surface area contributed by atoms with Crippen LogP contribution in [0.3, 0.4) is 0 Å². The SMILES string of the molecule is COc1ccc(C(OC(=O)c2cccs2)C(=O)NCc2ccc(C)cc2)cc1. The molecule has 5 nitrogen and oxygen atoms in total. The average Bonchev–Trinajstić information content (AvgIpc) is 3.26. The summed E-state index contributed by atoms with van der Waals surface area (Å²) in [5, 5.41) is 4.64. The molecule has 1 N–H and O–H groups in total. The molecule has 0 fully saturated rings. The lowest BCUT2D eigenvalue weighted by molar-refractivity contribution is -0.130. The van der Waals surface area contributed by atoms with E-state index >= 15 is 0 Å². The lowest BCUT2D eigenvalue weighted by Gasteiger charge is -2.18. The molecule has 1 aromatic heterocycles. The van der Waals surface area contributed by atoms with Crippen molar-refractivity contribution in [1.29, 1.82) is 0 Å². The molecule has 0 aliphatic heterocycles. The predicted molar refractivity (Wildman–Crippen MR) is 108 cm³/mol. The van der Waals surface area contributed by atoms with Crippen LogP contribution in [0.2, 0.25) is 0 Å². The number of nitrogens with one attached hydrogen (secondary N) is 1. The van der Waals surface area contributed by atoms with Crippen LogP contribution in [0.1, 0.15) is 32.5 Å². The average molecular weight is 395 g/mol. The molecule has 0 aliphatic rings. The number of hydrogen-bond donors (Lipinski definition) is 1. The molecule has 1 unspecified atom stereocenters. The molecule has 0 spiro atoms. The van der Waals surface area contributed by atoms with Gasteiger partial charge in [0, 0.05) is 12.1 Å². The summed E-state index contributed by atoms with van der Waals surface area (Å²) in [6, 6.07) is 18.2. The van der Waals surface area contributed by atoms with Crippen molar-refractivity contribution in [2.45, 2.75) is 19.6 Å². The van der Waals surface area contributed by atoms with E-state index in [1.807, 2.05) is 31.2 Å². The summed E-state index contributed by atoms with van der Waals surface area (Å²) in [6.45, 7) is 2.36. The predicted octanol–water partition coefficient (Wildman–Crippen LogP) is 4.28. The van der Waals surface area contributed by atoms with Crippen LogP contribution in [0, 0.1) is 6.92 Å². The highest BCUT2D eigenvalue weighted by Crippen LogP contribution is 2.23. The Morgan fingerprint density at radius 3 is 2.36 bits per heavy atom. The summed E-state index contributed by atoms with van der Waals surface area (Å²) in [4.78, 5) is 25.7. The van der Waals surface area contributed by atoms with E-state index in [2.05, 4.69) is 5.32 Å². The van der Waals surface area contributed by atoms with Gasteiger partial charge in [-0.05, 0) is 36.1 Å². The van der Waals surface area contributed by atoms with E-state index in [1.165, 1.54) is 11.3 Å². The van der Waals surface area contributed by atoms with Crippen LogP contribution >= 0.6 is 11.3 Å². The van der Waals surface area contributed by atoms with E-state index in [-0.39, 0.29) is 5.91 Å². The molecular formula is C22H21NO4S. The number of esters is 1.